The number of likely N-dealkylation sites (N-methyl/N-ethyl adjacent to an activating group) is 1. The van der Waals surface area contributed by atoms with Gasteiger partial charge >= 0.3 is 5.97 Å². The first-order valence-electron chi connectivity index (χ1n) is 9.01. The molecule has 0 aliphatic heterocycles. The van der Waals surface area contributed by atoms with Crippen LogP contribution in [0.2, 0.25) is 0 Å². The van der Waals surface area contributed by atoms with E-state index in [0.29, 0.717) is 13.1 Å². The van der Waals surface area contributed by atoms with Crippen molar-refractivity contribution in [1.29, 1.82) is 0 Å². The molecule has 2 aromatic rings. The van der Waals surface area contributed by atoms with Crippen LogP contribution in [0.3, 0.4) is 0 Å². The Kier molecular flexibility index (Phi) is 6.93. The lowest BCUT2D eigenvalue weighted by molar-refractivity contribution is -0.151. The van der Waals surface area contributed by atoms with Gasteiger partial charge in [-0.2, -0.15) is 5.10 Å². The number of hydrogen-bond acceptors (Lipinski definition) is 4. The van der Waals surface area contributed by atoms with Gasteiger partial charge in [-0.25, -0.2) is 4.68 Å². The molecule has 6 nitrogen and oxygen atoms in total. The number of carbonyl (C=O) groups excluding carboxylic acids is 2. The fraction of sp³-hybridized carbons (Fsp3) is 0.381. The molecule has 1 amide bonds. The van der Waals surface area contributed by atoms with Gasteiger partial charge in [-0.3, -0.25) is 9.59 Å². The second kappa shape index (κ2) is 9.16. The second-order valence-electron chi connectivity index (χ2n) is 6.60. The summed E-state index contributed by atoms with van der Waals surface area (Å²) < 4.78 is 7.01. The van der Waals surface area contributed by atoms with Gasteiger partial charge in [0.25, 0.3) is 5.91 Å². The molecule has 0 bridgehead atoms. The summed E-state index contributed by atoms with van der Waals surface area (Å²) in [7, 11) is 0. The molecule has 0 saturated heterocycles. The number of para-hydroxylation sites is 1. The Bertz CT molecular complexity index is 825. The molecule has 27 heavy (non-hydrogen) atoms. The lowest BCUT2D eigenvalue weighted by Gasteiger charge is -2.20. The van der Waals surface area contributed by atoms with E-state index in [9.17, 15) is 9.59 Å². The maximum absolute atomic E-state index is 12.3. The summed E-state index contributed by atoms with van der Waals surface area (Å²) in [5, 5.41) is 4.53. The van der Waals surface area contributed by atoms with Crippen molar-refractivity contribution in [2.24, 2.45) is 0 Å². The van der Waals surface area contributed by atoms with Gasteiger partial charge in [0.05, 0.1) is 17.8 Å². The summed E-state index contributed by atoms with van der Waals surface area (Å²) in [5.41, 5.74) is 4.31. The number of nitrogens with zero attached hydrogens (tertiary/aromatic N) is 3. The predicted octanol–water partition coefficient (Wildman–Crippen LogP) is 3.00. The van der Waals surface area contributed by atoms with E-state index < -0.39 is 5.97 Å². The van der Waals surface area contributed by atoms with Crippen LogP contribution >= 0.6 is 0 Å². The Morgan fingerprint density at radius 3 is 2.48 bits per heavy atom. The summed E-state index contributed by atoms with van der Waals surface area (Å²) in [6.45, 7) is 12.1. The molecule has 2 rings (SSSR count). The molecule has 1 aromatic heterocycles. The molecule has 1 aromatic carbocycles. The third kappa shape index (κ3) is 5.29. The number of rotatable bonds is 8. The minimum Gasteiger partial charge on any atom is -0.455 e. The van der Waals surface area contributed by atoms with Crippen molar-refractivity contribution in [3.05, 3.63) is 59.4 Å². The minimum atomic E-state index is -0.437. The van der Waals surface area contributed by atoms with E-state index in [0.717, 1.165) is 28.2 Å². The van der Waals surface area contributed by atoms with Crippen LogP contribution in [0.1, 0.15) is 30.8 Å². The topological polar surface area (TPSA) is 64.4 Å². The van der Waals surface area contributed by atoms with Crippen LogP contribution in [0.5, 0.6) is 0 Å². The third-order valence-corrected chi connectivity index (χ3v) is 4.31. The SMILES string of the molecule is C=C(C)CN(CC)C(=O)COC(=O)Cc1c(C)nn(-c2ccccc2)c1C. The summed E-state index contributed by atoms with van der Waals surface area (Å²) in [5.74, 6) is -0.657. The van der Waals surface area contributed by atoms with Gasteiger partial charge in [0.15, 0.2) is 6.61 Å². The molecule has 0 aliphatic rings. The van der Waals surface area contributed by atoms with Gasteiger partial charge < -0.3 is 9.64 Å². The van der Waals surface area contributed by atoms with Gasteiger partial charge in [0.2, 0.25) is 0 Å². The number of aryl methyl sites for hydroxylation is 1. The Morgan fingerprint density at radius 2 is 1.89 bits per heavy atom. The smallest absolute Gasteiger partial charge is 0.310 e. The molecule has 144 valence electrons. The number of benzene rings is 1. The molecule has 0 unspecified atom stereocenters. The highest BCUT2D eigenvalue weighted by atomic mass is 16.5. The molecule has 0 spiro atoms. The van der Waals surface area contributed by atoms with Crippen LogP contribution in [-0.4, -0.2) is 46.3 Å². The van der Waals surface area contributed by atoms with E-state index in [1.807, 2.05) is 62.7 Å². The summed E-state index contributed by atoms with van der Waals surface area (Å²) >= 11 is 0. The monoisotopic (exact) mass is 369 g/mol. The van der Waals surface area contributed by atoms with Crippen LogP contribution in [0, 0.1) is 13.8 Å². The van der Waals surface area contributed by atoms with Gasteiger partial charge in [-0.1, -0.05) is 30.4 Å². The zero-order valence-electron chi connectivity index (χ0n) is 16.5. The Morgan fingerprint density at radius 1 is 1.22 bits per heavy atom. The maximum atomic E-state index is 12.3. The molecule has 0 saturated carbocycles. The quantitative estimate of drug-likeness (QED) is 0.530. The molecule has 1 heterocycles. The van der Waals surface area contributed by atoms with Crippen LogP contribution in [0.4, 0.5) is 0 Å². The fourth-order valence-corrected chi connectivity index (χ4v) is 2.88. The van der Waals surface area contributed by atoms with Crippen LogP contribution in [0.25, 0.3) is 5.69 Å². The van der Waals surface area contributed by atoms with Crippen molar-refractivity contribution in [2.75, 3.05) is 19.7 Å². The number of hydrogen-bond donors (Lipinski definition) is 0. The van der Waals surface area contributed by atoms with Crippen LogP contribution in [-0.2, 0) is 20.7 Å². The number of carbonyl (C=O) groups is 2. The highest BCUT2D eigenvalue weighted by Crippen LogP contribution is 2.18. The number of ether oxygens (including phenoxy) is 1. The van der Waals surface area contributed by atoms with E-state index in [1.54, 1.807) is 4.90 Å². The first-order chi connectivity index (χ1) is 12.8. The standard InChI is InChI=1S/C21H27N3O3/c1-6-23(13-15(2)3)20(25)14-27-21(26)12-19-16(4)22-24(17(19)5)18-10-8-7-9-11-18/h7-11H,2,6,12-14H2,1,3-5H3. The van der Waals surface area contributed by atoms with Gasteiger partial charge in [-0.15, -0.1) is 0 Å². The van der Waals surface area contributed by atoms with Crippen LogP contribution < -0.4 is 0 Å². The zero-order valence-corrected chi connectivity index (χ0v) is 16.5. The van der Waals surface area contributed by atoms with Crippen molar-refractivity contribution in [3.63, 3.8) is 0 Å². The van der Waals surface area contributed by atoms with Gasteiger partial charge in [-0.05, 0) is 39.8 Å². The lowest BCUT2D eigenvalue weighted by Crippen LogP contribution is -2.35. The van der Waals surface area contributed by atoms with E-state index in [4.69, 9.17) is 4.74 Å². The van der Waals surface area contributed by atoms with Crippen molar-refractivity contribution in [3.8, 4) is 5.69 Å². The van der Waals surface area contributed by atoms with E-state index in [-0.39, 0.29) is 18.9 Å². The summed E-state index contributed by atoms with van der Waals surface area (Å²) in [6.07, 6.45) is 0.0877. The third-order valence-electron chi connectivity index (χ3n) is 4.31. The Hall–Kier alpha value is -2.89. The number of esters is 1. The van der Waals surface area contributed by atoms with E-state index in [1.165, 1.54) is 0 Å². The van der Waals surface area contributed by atoms with Gasteiger partial charge in [0, 0.05) is 24.3 Å². The summed E-state index contributed by atoms with van der Waals surface area (Å²) in [6, 6.07) is 9.74. The van der Waals surface area contributed by atoms with Crippen molar-refractivity contribution >= 4 is 11.9 Å². The van der Waals surface area contributed by atoms with Gasteiger partial charge in [0.1, 0.15) is 0 Å². The predicted molar refractivity (Wildman–Crippen MR) is 105 cm³/mol. The highest BCUT2D eigenvalue weighted by molar-refractivity contribution is 5.81. The average Bonchev–Trinajstić information content (AvgIpc) is 2.93. The molecule has 0 atom stereocenters. The van der Waals surface area contributed by atoms with Crippen LogP contribution in [0.15, 0.2) is 42.5 Å². The molecule has 0 aliphatic carbocycles. The lowest BCUT2D eigenvalue weighted by atomic mass is 10.1. The minimum absolute atomic E-state index is 0.0877. The zero-order chi connectivity index (χ0) is 20.0. The molecule has 0 radical (unpaired) electrons. The normalized spacial score (nSPS) is 10.5. The average molecular weight is 369 g/mol. The van der Waals surface area contributed by atoms with Crippen molar-refractivity contribution in [1.82, 2.24) is 14.7 Å². The second-order valence-corrected chi connectivity index (χ2v) is 6.60. The first-order valence-corrected chi connectivity index (χ1v) is 9.01. The Balaban J connectivity index is 2.01. The first kappa shape index (κ1) is 20.4. The molecule has 0 N–H and O–H groups in total. The van der Waals surface area contributed by atoms with E-state index >= 15 is 0 Å². The maximum Gasteiger partial charge on any atom is 0.310 e. The van der Waals surface area contributed by atoms with Crippen molar-refractivity contribution in [2.45, 2.75) is 34.1 Å². The molecule has 6 heteroatoms. The number of aromatic nitrogens is 2. The largest absolute Gasteiger partial charge is 0.455 e. The molecular formula is C21H27N3O3. The number of amides is 1. The van der Waals surface area contributed by atoms with E-state index in [2.05, 4.69) is 11.7 Å². The molecular weight excluding hydrogens is 342 g/mol. The highest BCUT2D eigenvalue weighted by Gasteiger charge is 2.19. The van der Waals surface area contributed by atoms with Crippen molar-refractivity contribution < 1.29 is 14.3 Å². The Labute approximate surface area is 160 Å². The molecule has 0 fully saturated rings. The fourth-order valence-electron chi connectivity index (χ4n) is 2.88. The summed E-state index contributed by atoms with van der Waals surface area (Å²) in [4.78, 5) is 26.0.